The fraction of sp³-hybridized carbons (Fsp3) is 0.467. The molecule has 4 heterocycles. The molecule has 2 aromatic heterocycles. The zero-order chi connectivity index (χ0) is 14.9. The average Bonchev–Trinajstić information content (AvgIpc) is 3.12. The Labute approximate surface area is 132 Å². The molecule has 0 aliphatic carbocycles. The summed E-state index contributed by atoms with van der Waals surface area (Å²) < 4.78 is 0. The van der Waals surface area contributed by atoms with E-state index in [0.29, 0.717) is 23.5 Å². The monoisotopic (exact) mass is 315 g/mol. The van der Waals surface area contributed by atoms with Crippen LogP contribution in [0.15, 0.2) is 24.0 Å². The summed E-state index contributed by atoms with van der Waals surface area (Å²) in [6.07, 6.45) is 8.17. The summed E-state index contributed by atoms with van der Waals surface area (Å²) in [6.45, 7) is 1.89. The van der Waals surface area contributed by atoms with Gasteiger partial charge in [-0.25, -0.2) is 4.98 Å². The summed E-state index contributed by atoms with van der Waals surface area (Å²) in [5.74, 6) is 0.0580. The van der Waals surface area contributed by atoms with Crippen LogP contribution in [0.25, 0.3) is 10.7 Å². The second kappa shape index (κ2) is 5.73. The normalized spacial score (nSPS) is 24.3. The minimum Gasteiger partial charge on any atom is -0.330 e. The Balaban J connectivity index is 1.60. The van der Waals surface area contributed by atoms with Gasteiger partial charge in [0.2, 0.25) is 0 Å². The Kier molecular flexibility index (Phi) is 3.59. The van der Waals surface area contributed by atoms with Crippen LogP contribution in [0.3, 0.4) is 0 Å². The molecular weight excluding hydrogens is 298 g/mol. The molecule has 114 valence electrons. The maximum absolute atomic E-state index is 12.9. The molecule has 4 rings (SSSR count). The van der Waals surface area contributed by atoms with Crippen molar-refractivity contribution in [3.63, 3.8) is 0 Å². The van der Waals surface area contributed by atoms with Crippen LogP contribution in [-0.2, 0) is 0 Å². The van der Waals surface area contributed by atoms with Crippen LogP contribution in [0.2, 0.25) is 0 Å². The molecule has 2 aliphatic heterocycles. The van der Waals surface area contributed by atoms with Gasteiger partial charge in [-0.05, 0) is 25.8 Å². The van der Waals surface area contributed by atoms with Gasteiger partial charge in [0.25, 0.3) is 5.91 Å². The highest BCUT2D eigenvalue weighted by atomic mass is 32.1. The van der Waals surface area contributed by atoms with E-state index in [2.05, 4.69) is 25.2 Å². The van der Waals surface area contributed by atoms with E-state index in [1.54, 1.807) is 18.6 Å². The predicted octanol–water partition coefficient (Wildman–Crippen LogP) is 1.57. The summed E-state index contributed by atoms with van der Waals surface area (Å²) >= 11 is 1.45. The van der Waals surface area contributed by atoms with Crippen molar-refractivity contribution in [2.45, 2.75) is 31.3 Å². The van der Waals surface area contributed by atoms with Crippen LogP contribution in [0, 0.1) is 0 Å². The van der Waals surface area contributed by atoms with Crippen molar-refractivity contribution in [1.82, 2.24) is 25.2 Å². The number of rotatable bonds is 2. The molecule has 2 saturated heterocycles. The maximum Gasteiger partial charge on any atom is 0.273 e. The van der Waals surface area contributed by atoms with Crippen molar-refractivity contribution in [1.29, 1.82) is 0 Å². The van der Waals surface area contributed by atoms with Gasteiger partial charge < -0.3 is 10.2 Å². The van der Waals surface area contributed by atoms with E-state index in [9.17, 15) is 4.79 Å². The topological polar surface area (TPSA) is 71.0 Å². The van der Waals surface area contributed by atoms with Crippen molar-refractivity contribution < 1.29 is 4.79 Å². The molecule has 0 spiro atoms. The van der Waals surface area contributed by atoms with Crippen LogP contribution in [0.4, 0.5) is 0 Å². The zero-order valence-electron chi connectivity index (χ0n) is 12.1. The number of thiazole rings is 1. The second-order valence-corrected chi connectivity index (χ2v) is 6.58. The standard InChI is InChI=1S/C15H17N5OS/c21-15(20-10-1-2-11(20)7-16-4-3-10)13-9-22-14(19-13)12-8-17-5-6-18-12/h5-6,8-11,16H,1-4,7H2. The molecule has 0 saturated carbocycles. The number of carbonyl (C=O) groups is 1. The highest BCUT2D eigenvalue weighted by Gasteiger charge is 2.39. The lowest BCUT2D eigenvalue weighted by Gasteiger charge is -2.27. The number of nitrogens with zero attached hydrogens (tertiary/aromatic N) is 4. The number of hydrogen-bond donors (Lipinski definition) is 1. The minimum atomic E-state index is 0.0580. The first-order valence-corrected chi connectivity index (χ1v) is 8.46. The van der Waals surface area contributed by atoms with E-state index in [1.165, 1.54) is 11.3 Å². The highest BCUT2D eigenvalue weighted by molar-refractivity contribution is 7.13. The van der Waals surface area contributed by atoms with E-state index in [-0.39, 0.29) is 5.91 Å². The zero-order valence-corrected chi connectivity index (χ0v) is 12.9. The second-order valence-electron chi connectivity index (χ2n) is 5.72. The molecule has 0 aromatic carbocycles. The van der Waals surface area contributed by atoms with E-state index in [1.807, 2.05) is 5.38 Å². The van der Waals surface area contributed by atoms with Gasteiger partial charge >= 0.3 is 0 Å². The molecule has 1 N–H and O–H groups in total. The van der Waals surface area contributed by atoms with Crippen molar-refractivity contribution in [2.24, 2.45) is 0 Å². The first-order chi connectivity index (χ1) is 10.8. The van der Waals surface area contributed by atoms with Crippen molar-refractivity contribution >= 4 is 17.2 Å². The van der Waals surface area contributed by atoms with E-state index in [0.717, 1.165) is 37.4 Å². The van der Waals surface area contributed by atoms with Gasteiger partial charge in [0, 0.05) is 36.4 Å². The third-order valence-electron chi connectivity index (χ3n) is 4.39. The van der Waals surface area contributed by atoms with Crippen LogP contribution in [0.1, 0.15) is 29.8 Å². The first kappa shape index (κ1) is 13.8. The molecule has 2 atom stereocenters. The lowest BCUT2D eigenvalue weighted by Crippen LogP contribution is -2.42. The molecular formula is C15H17N5OS. The van der Waals surface area contributed by atoms with Crippen molar-refractivity contribution in [2.75, 3.05) is 13.1 Å². The summed E-state index contributed by atoms with van der Waals surface area (Å²) in [7, 11) is 0. The molecule has 2 aliphatic rings. The quantitative estimate of drug-likeness (QED) is 0.911. The molecule has 2 bridgehead atoms. The van der Waals surface area contributed by atoms with Gasteiger partial charge in [-0.1, -0.05) is 0 Å². The Morgan fingerprint density at radius 2 is 2.18 bits per heavy atom. The number of carbonyl (C=O) groups excluding carboxylic acids is 1. The number of hydrogen-bond acceptors (Lipinski definition) is 6. The first-order valence-electron chi connectivity index (χ1n) is 7.58. The highest BCUT2D eigenvalue weighted by Crippen LogP contribution is 2.30. The largest absolute Gasteiger partial charge is 0.330 e. The summed E-state index contributed by atoms with van der Waals surface area (Å²) in [4.78, 5) is 27.7. The van der Waals surface area contributed by atoms with Gasteiger partial charge in [0.15, 0.2) is 0 Å². The van der Waals surface area contributed by atoms with Gasteiger partial charge in [-0.3, -0.25) is 14.8 Å². The maximum atomic E-state index is 12.9. The molecule has 2 aromatic rings. The van der Waals surface area contributed by atoms with Gasteiger partial charge in [0.1, 0.15) is 16.4 Å². The van der Waals surface area contributed by atoms with Gasteiger partial charge in [0.05, 0.1) is 6.20 Å². The molecule has 1 amide bonds. The average molecular weight is 315 g/mol. The molecule has 2 unspecified atom stereocenters. The molecule has 0 radical (unpaired) electrons. The van der Waals surface area contributed by atoms with Gasteiger partial charge in [-0.2, -0.15) is 0 Å². The number of nitrogens with one attached hydrogen (secondary N) is 1. The summed E-state index contributed by atoms with van der Waals surface area (Å²) in [5.41, 5.74) is 1.25. The van der Waals surface area contributed by atoms with Crippen LogP contribution in [-0.4, -0.2) is 50.9 Å². The van der Waals surface area contributed by atoms with E-state index >= 15 is 0 Å². The Morgan fingerprint density at radius 1 is 1.27 bits per heavy atom. The van der Waals surface area contributed by atoms with E-state index in [4.69, 9.17) is 0 Å². The van der Waals surface area contributed by atoms with Crippen molar-refractivity contribution in [3.8, 4) is 10.7 Å². The third-order valence-corrected chi connectivity index (χ3v) is 5.26. The SMILES string of the molecule is O=C(c1csc(-c2cnccn2)n1)N1C2CCNCC1CC2. The number of amides is 1. The fourth-order valence-corrected chi connectivity index (χ4v) is 4.10. The summed E-state index contributed by atoms with van der Waals surface area (Å²) in [5, 5.41) is 6.00. The molecule has 2 fully saturated rings. The van der Waals surface area contributed by atoms with Crippen LogP contribution >= 0.6 is 11.3 Å². The lowest BCUT2D eigenvalue weighted by molar-refractivity contribution is 0.0675. The molecule has 6 nitrogen and oxygen atoms in total. The smallest absolute Gasteiger partial charge is 0.273 e. The van der Waals surface area contributed by atoms with Crippen LogP contribution in [0.5, 0.6) is 0 Å². The van der Waals surface area contributed by atoms with Gasteiger partial charge in [-0.15, -0.1) is 11.3 Å². The van der Waals surface area contributed by atoms with E-state index < -0.39 is 0 Å². The Hall–Kier alpha value is -1.86. The predicted molar refractivity (Wildman–Crippen MR) is 83.6 cm³/mol. The Morgan fingerprint density at radius 3 is 3.05 bits per heavy atom. The number of aromatic nitrogens is 3. The third kappa shape index (κ3) is 2.40. The minimum absolute atomic E-state index is 0.0580. The number of fused-ring (bicyclic) bond motifs is 2. The fourth-order valence-electron chi connectivity index (χ4n) is 3.35. The molecule has 7 heteroatoms. The van der Waals surface area contributed by atoms with Crippen molar-refractivity contribution in [3.05, 3.63) is 29.7 Å². The molecule has 22 heavy (non-hydrogen) atoms. The van der Waals surface area contributed by atoms with Crippen LogP contribution < -0.4 is 5.32 Å². The lowest BCUT2D eigenvalue weighted by atomic mass is 10.1. The summed E-state index contributed by atoms with van der Waals surface area (Å²) in [6, 6.07) is 0.663. The Bertz CT molecular complexity index is 660.